The highest BCUT2D eigenvalue weighted by Crippen LogP contribution is 2.47. The number of fused-ring (bicyclic) bond motifs is 2. The first-order valence-electron chi connectivity index (χ1n) is 16.3. The summed E-state index contributed by atoms with van der Waals surface area (Å²) in [5.74, 6) is 0.262. The van der Waals surface area contributed by atoms with Gasteiger partial charge in [-0.15, -0.1) is 23.1 Å². The Hall–Kier alpha value is -1.07. The highest BCUT2D eigenvalue weighted by atomic mass is 79.9. The van der Waals surface area contributed by atoms with Gasteiger partial charge in [-0.1, -0.05) is 113 Å². The van der Waals surface area contributed by atoms with Crippen molar-refractivity contribution in [1.29, 1.82) is 0 Å². The average Bonchev–Trinajstić information content (AvgIpc) is 3.74. The lowest BCUT2D eigenvalue weighted by molar-refractivity contribution is 0.0649. The highest BCUT2D eigenvalue weighted by Gasteiger charge is 2.42. The molecule has 0 bridgehead atoms. The van der Waals surface area contributed by atoms with Crippen LogP contribution in [0.4, 0.5) is 0 Å². The molecule has 1 aromatic carbocycles. The highest BCUT2D eigenvalue weighted by molar-refractivity contribution is 9.11. The number of carbonyl (C=O) groups excluding carboxylic acids is 2. The molecule has 0 N–H and O–H groups in total. The second kappa shape index (κ2) is 18.3. The summed E-state index contributed by atoms with van der Waals surface area (Å²) in [4.78, 5) is 31.8. The van der Waals surface area contributed by atoms with Gasteiger partial charge in [-0.05, 0) is 53.7 Å². The van der Waals surface area contributed by atoms with Gasteiger partial charge in [0.15, 0.2) is 0 Å². The Balaban J connectivity index is 1.58. The third-order valence-corrected chi connectivity index (χ3v) is 12.3. The zero-order chi connectivity index (χ0) is 31.5. The number of unbranched alkanes of at least 4 members (excludes halogenated alkanes) is 8. The van der Waals surface area contributed by atoms with Crippen molar-refractivity contribution >= 4 is 94.4 Å². The molecule has 0 aliphatic carbocycles. The number of hydrogen-bond acceptors (Lipinski definition) is 7. The molecule has 3 aromatic rings. The first kappa shape index (κ1) is 35.8. The van der Waals surface area contributed by atoms with Crippen LogP contribution in [0, 0.1) is 5.92 Å². The molecule has 0 spiro atoms. The number of benzene rings is 1. The van der Waals surface area contributed by atoms with Crippen molar-refractivity contribution in [2.45, 2.75) is 111 Å². The molecule has 1 unspecified atom stereocenters. The van der Waals surface area contributed by atoms with Gasteiger partial charge in [0.1, 0.15) is 11.0 Å². The van der Waals surface area contributed by atoms with E-state index in [1.54, 1.807) is 23.1 Å². The zero-order valence-electron chi connectivity index (χ0n) is 26.3. The van der Waals surface area contributed by atoms with Gasteiger partial charge in [0, 0.05) is 27.5 Å². The van der Waals surface area contributed by atoms with E-state index in [4.69, 9.17) is 0 Å². The van der Waals surface area contributed by atoms with Crippen molar-refractivity contribution in [2.24, 2.45) is 5.92 Å². The number of thioether (sulfide) groups is 1. The Bertz CT molecular complexity index is 1430. The summed E-state index contributed by atoms with van der Waals surface area (Å²) in [5, 5.41) is 0. The van der Waals surface area contributed by atoms with E-state index < -0.39 is 0 Å². The maximum absolute atomic E-state index is 14.2. The van der Waals surface area contributed by atoms with E-state index in [1.807, 2.05) is 25.1 Å². The number of thiophene rings is 1. The lowest BCUT2D eigenvalue weighted by atomic mass is 9.90. The van der Waals surface area contributed by atoms with E-state index in [-0.39, 0.29) is 11.8 Å². The molecular weight excluding hydrogens is 738 g/mol. The van der Waals surface area contributed by atoms with Gasteiger partial charge in [0.25, 0.3) is 11.8 Å². The molecule has 0 saturated heterocycles. The summed E-state index contributed by atoms with van der Waals surface area (Å²) in [5.41, 5.74) is 3.84. The number of hydrogen-bond donors (Lipinski definition) is 0. The van der Waals surface area contributed by atoms with Gasteiger partial charge >= 0.3 is 0 Å². The summed E-state index contributed by atoms with van der Waals surface area (Å²) in [6, 6.07) is 3.98. The predicted octanol–water partition coefficient (Wildman–Crippen LogP) is 12.3. The normalized spacial score (nSPS) is 14.3. The molecule has 1 aliphatic heterocycles. The Morgan fingerprint density at radius 1 is 0.864 bits per heavy atom. The molecular formula is C34H45Br2N3O2S3. The van der Waals surface area contributed by atoms with E-state index >= 15 is 0 Å². The van der Waals surface area contributed by atoms with Crippen molar-refractivity contribution in [3.63, 3.8) is 0 Å². The Morgan fingerprint density at radius 2 is 1.48 bits per heavy atom. The Labute approximate surface area is 292 Å². The van der Waals surface area contributed by atoms with Crippen molar-refractivity contribution in [1.82, 2.24) is 13.6 Å². The van der Waals surface area contributed by atoms with Crippen LogP contribution in [-0.2, 0) is 0 Å². The average molecular weight is 784 g/mol. The van der Waals surface area contributed by atoms with Gasteiger partial charge in [-0.2, -0.15) is 8.75 Å². The van der Waals surface area contributed by atoms with E-state index in [9.17, 15) is 9.59 Å². The fourth-order valence-electron chi connectivity index (χ4n) is 6.33. The molecule has 5 nitrogen and oxygen atoms in total. The van der Waals surface area contributed by atoms with Gasteiger partial charge in [0.2, 0.25) is 0 Å². The topological polar surface area (TPSA) is 63.2 Å². The molecule has 4 rings (SSSR count). The summed E-state index contributed by atoms with van der Waals surface area (Å²) in [7, 11) is 0. The summed E-state index contributed by atoms with van der Waals surface area (Å²) >= 11 is 11.4. The fraction of sp³-hybridized carbons (Fsp3) is 0.588. The van der Waals surface area contributed by atoms with E-state index in [0.29, 0.717) is 39.3 Å². The van der Waals surface area contributed by atoms with Gasteiger partial charge < -0.3 is 0 Å². The number of nitrogens with zero attached hydrogens (tertiary/aromatic N) is 3. The number of halogens is 2. The van der Waals surface area contributed by atoms with E-state index in [0.717, 1.165) is 49.3 Å². The summed E-state index contributed by atoms with van der Waals surface area (Å²) < 4.78 is 11.0. The first-order valence-corrected chi connectivity index (χ1v) is 20.7. The van der Waals surface area contributed by atoms with E-state index in [1.165, 1.54) is 81.9 Å². The molecule has 1 aliphatic rings. The molecule has 10 heteroatoms. The van der Waals surface area contributed by atoms with Crippen LogP contribution in [0.3, 0.4) is 0 Å². The van der Waals surface area contributed by atoms with Crippen LogP contribution in [0.15, 0.2) is 22.0 Å². The zero-order valence-corrected chi connectivity index (χ0v) is 31.9. The molecule has 0 radical (unpaired) electrons. The minimum absolute atomic E-state index is 0.197. The second-order valence-electron chi connectivity index (χ2n) is 11.6. The maximum atomic E-state index is 14.2. The minimum Gasteiger partial charge on any atom is -0.274 e. The molecule has 1 atom stereocenters. The number of amides is 2. The van der Waals surface area contributed by atoms with Crippen LogP contribution in [0.5, 0.6) is 0 Å². The van der Waals surface area contributed by atoms with Gasteiger partial charge in [-0.25, -0.2) is 0 Å². The number of rotatable bonds is 20. The predicted molar refractivity (Wildman–Crippen MR) is 198 cm³/mol. The van der Waals surface area contributed by atoms with Crippen LogP contribution >= 0.6 is 66.7 Å². The third-order valence-electron chi connectivity index (χ3n) is 8.59. The monoisotopic (exact) mass is 781 g/mol. The maximum Gasteiger partial charge on any atom is 0.262 e. The van der Waals surface area contributed by atoms with Crippen LogP contribution < -0.4 is 0 Å². The molecule has 240 valence electrons. The molecule has 2 amide bonds. The van der Waals surface area contributed by atoms with E-state index in [2.05, 4.69) is 54.5 Å². The van der Waals surface area contributed by atoms with Gasteiger partial charge in [-0.3, -0.25) is 14.5 Å². The summed E-state index contributed by atoms with van der Waals surface area (Å²) in [6.45, 7) is 6.95. The Morgan fingerprint density at radius 3 is 2.11 bits per heavy atom. The number of imide groups is 1. The van der Waals surface area contributed by atoms with Crippen LogP contribution in [0.2, 0.25) is 0 Å². The lowest BCUT2D eigenvalue weighted by Crippen LogP contribution is -2.31. The lowest BCUT2D eigenvalue weighted by Gasteiger charge is -2.19. The third kappa shape index (κ3) is 8.64. The van der Waals surface area contributed by atoms with Crippen LogP contribution in [0.1, 0.15) is 137 Å². The quantitative estimate of drug-likeness (QED) is 0.0649. The smallest absolute Gasteiger partial charge is 0.262 e. The number of carbonyl (C=O) groups is 2. The molecule has 3 heterocycles. The standard InChI is InChI=1S/C34H45Br2N3O2S3/c1-4-7-9-11-12-14-17-23(16-13-10-8-5-2)18-15-21-39-33(40)29-27(24(6-3)42-22-35)31-32(38-44-37-31)28(30(29)34(39)41)25-19-20-26(36)43-25/h6,19-20,23H,4-5,7-18,21-22H2,1-3H3. The summed E-state index contributed by atoms with van der Waals surface area (Å²) in [6.07, 6.45) is 19.4. The number of allylic oxidation sites excluding steroid dienone is 1. The minimum atomic E-state index is -0.199. The van der Waals surface area contributed by atoms with Gasteiger partial charge in [0.05, 0.1) is 31.3 Å². The van der Waals surface area contributed by atoms with Crippen molar-refractivity contribution in [3.05, 3.63) is 38.7 Å². The van der Waals surface area contributed by atoms with Crippen LogP contribution in [-0.4, -0.2) is 36.7 Å². The number of aromatic nitrogens is 2. The van der Waals surface area contributed by atoms with Crippen molar-refractivity contribution in [3.8, 4) is 10.4 Å². The molecule has 44 heavy (non-hydrogen) atoms. The molecule has 0 fully saturated rings. The Kier molecular flexibility index (Phi) is 14.9. The largest absolute Gasteiger partial charge is 0.274 e. The van der Waals surface area contributed by atoms with Crippen LogP contribution in [0.25, 0.3) is 26.4 Å². The number of alkyl halides is 1. The van der Waals surface area contributed by atoms with Crippen molar-refractivity contribution < 1.29 is 9.59 Å². The fourth-order valence-corrected chi connectivity index (χ4v) is 9.69. The molecule has 2 aromatic heterocycles. The first-order chi connectivity index (χ1) is 21.5. The molecule has 0 saturated carbocycles. The SMILES string of the molecule is CC=C(SCBr)c1c2c(c(-c3ccc(Br)s3)c3nsnc13)C(=O)N(CCCC(CCCCCC)CCCCCCCC)C2=O. The van der Waals surface area contributed by atoms with Crippen molar-refractivity contribution in [2.75, 3.05) is 11.2 Å². The second-order valence-corrected chi connectivity index (χ2v) is 17.0.